The van der Waals surface area contributed by atoms with Crippen LogP contribution in [0.15, 0.2) is 0 Å². The number of hydrogen-bond donors (Lipinski definition) is 1. The van der Waals surface area contributed by atoms with Crippen molar-refractivity contribution >= 4 is 70.4 Å². The van der Waals surface area contributed by atoms with Gasteiger partial charge in [0.15, 0.2) is 5.75 Å². The number of halogens is 6. The van der Waals surface area contributed by atoms with Crippen molar-refractivity contribution in [2.45, 2.75) is 0 Å². The minimum Gasteiger partial charge on any atom is -0.505 e. The maximum absolute atomic E-state index is 9.20. The van der Waals surface area contributed by atoms with E-state index in [2.05, 4.69) is 0 Å². The van der Waals surface area contributed by atoms with Crippen molar-refractivity contribution < 1.29 is 26.2 Å². The Kier molecular flexibility index (Phi) is 8.80. The van der Waals surface area contributed by atoms with E-state index >= 15 is 0 Å². The first kappa shape index (κ1) is 17.8. The number of phenolic OH excluding ortho intramolecular Hbond substituents is 1. The molecule has 0 atom stereocenters. The third kappa shape index (κ3) is 3.22. The summed E-state index contributed by atoms with van der Waals surface area (Å²) in [6, 6.07) is 0. The van der Waals surface area contributed by atoms with E-state index in [-0.39, 0.29) is 64.3 Å². The van der Waals surface area contributed by atoms with Crippen LogP contribution >= 0.6 is 70.4 Å². The van der Waals surface area contributed by atoms with Gasteiger partial charge in [-0.3, -0.25) is 0 Å². The summed E-state index contributed by atoms with van der Waals surface area (Å²) < 4.78 is 0. The molecule has 0 radical (unpaired) electrons. The molecule has 1 rings (SSSR count). The topological polar surface area (TPSA) is 20.2 Å². The SMILES string of the molecule is Cl.Oc1c(Cl)c(Cl)c(Cl)c(Cl)c1Cl.[W]. The van der Waals surface area contributed by atoms with Crippen LogP contribution in [-0.4, -0.2) is 5.11 Å². The number of hydrogen-bond acceptors (Lipinski definition) is 1. The van der Waals surface area contributed by atoms with Crippen LogP contribution in [0.1, 0.15) is 0 Å². The molecule has 0 saturated carbocycles. The molecule has 0 spiro atoms. The molecule has 1 aromatic rings. The summed E-state index contributed by atoms with van der Waals surface area (Å²) in [7, 11) is 0. The van der Waals surface area contributed by atoms with Crippen molar-refractivity contribution in [1.29, 1.82) is 0 Å². The first-order valence-corrected chi connectivity index (χ1v) is 4.56. The summed E-state index contributed by atoms with van der Waals surface area (Å²) in [5.41, 5.74) is 0. The van der Waals surface area contributed by atoms with Crippen LogP contribution < -0.4 is 0 Å². The Labute approximate surface area is 126 Å². The Hall–Kier alpha value is 1.45. The molecular weight excluding hydrogens is 485 g/mol. The zero-order chi connectivity index (χ0) is 9.46. The molecule has 0 saturated heterocycles. The molecule has 1 aromatic carbocycles. The van der Waals surface area contributed by atoms with Gasteiger partial charge in [0.2, 0.25) is 0 Å². The van der Waals surface area contributed by atoms with Gasteiger partial charge in [-0.05, 0) is 0 Å². The fraction of sp³-hybridized carbons (Fsp3) is 0. The number of rotatable bonds is 0. The Balaban J connectivity index is 0. The van der Waals surface area contributed by atoms with Gasteiger partial charge in [-0.1, -0.05) is 58.0 Å². The van der Waals surface area contributed by atoms with Gasteiger partial charge >= 0.3 is 0 Å². The van der Waals surface area contributed by atoms with Gasteiger partial charge in [0.25, 0.3) is 0 Å². The number of aromatic hydroxyl groups is 1. The second-order valence-electron chi connectivity index (χ2n) is 1.92. The van der Waals surface area contributed by atoms with Crippen LogP contribution in [0.5, 0.6) is 5.75 Å². The van der Waals surface area contributed by atoms with Gasteiger partial charge in [-0.2, -0.15) is 0 Å². The van der Waals surface area contributed by atoms with E-state index in [1.165, 1.54) is 0 Å². The third-order valence-electron chi connectivity index (χ3n) is 1.19. The molecule has 14 heavy (non-hydrogen) atoms. The number of benzene rings is 1. The first-order chi connectivity index (χ1) is 5.46. The van der Waals surface area contributed by atoms with E-state index in [1.807, 2.05) is 0 Å². The average Bonchev–Trinajstić information content (AvgIpc) is 2.08. The second-order valence-corrected chi connectivity index (χ2v) is 3.81. The molecular formula is C6H2Cl6OW. The Morgan fingerprint density at radius 2 is 0.857 bits per heavy atom. The quantitative estimate of drug-likeness (QED) is 0.401. The van der Waals surface area contributed by atoms with E-state index in [0.29, 0.717) is 0 Å². The molecule has 0 aliphatic rings. The molecule has 8 heteroatoms. The molecule has 1 nitrogen and oxygen atoms in total. The maximum Gasteiger partial charge on any atom is 0.155 e. The van der Waals surface area contributed by atoms with E-state index in [9.17, 15) is 5.11 Å². The van der Waals surface area contributed by atoms with Crippen molar-refractivity contribution in [3.63, 3.8) is 0 Å². The third-order valence-corrected chi connectivity index (χ3v) is 3.44. The predicted molar refractivity (Wildman–Crippen MR) is 60.4 cm³/mol. The van der Waals surface area contributed by atoms with Crippen LogP contribution in [0, 0.1) is 0 Å². The minimum atomic E-state index is -0.363. The predicted octanol–water partition coefficient (Wildman–Crippen LogP) is 5.08. The molecule has 80 valence electrons. The largest absolute Gasteiger partial charge is 0.505 e. The summed E-state index contributed by atoms with van der Waals surface area (Å²) in [5.74, 6) is -0.363. The molecule has 0 aliphatic carbocycles. The summed E-state index contributed by atoms with van der Waals surface area (Å²) in [6.07, 6.45) is 0. The van der Waals surface area contributed by atoms with Crippen molar-refractivity contribution in [3.8, 4) is 5.75 Å². The molecule has 0 fully saturated rings. The van der Waals surface area contributed by atoms with Crippen LogP contribution in [0.4, 0.5) is 0 Å². The molecule has 0 amide bonds. The molecule has 0 aliphatic heterocycles. The van der Waals surface area contributed by atoms with E-state index < -0.39 is 0 Å². The van der Waals surface area contributed by atoms with Gasteiger partial charge in [0, 0.05) is 21.1 Å². The molecule has 0 aromatic heterocycles. The van der Waals surface area contributed by atoms with Gasteiger partial charge in [0.05, 0.1) is 15.1 Å². The van der Waals surface area contributed by atoms with Crippen molar-refractivity contribution in [3.05, 3.63) is 25.1 Å². The van der Waals surface area contributed by atoms with Gasteiger partial charge in [-0.15, -0.1) is 12.4 Å². The maximum atomic E-state index is 9.20. The number of phenols is 1. The van der Waals surface area contributed by atoms with Crippen molar-refractivity contribution in [2.24, 2.45) is 0 Å². The summed E-state index contributed by atoms with van der Waals surface area (Å²) in [6.45, 7) is 0. The van der Waals surface area contributed by atoms with E-state index in [1.54, 1.807) is 0 Å². The first-order valence-electron chi connectivity index (χ1n) is 2.67. The zero-order valence-corrected chi connectivity index (χ0v) is 13.7. The molecule has 0 bridgehead atoms. The fourth-order valence-corrected chi connectivity index (χ4v) is 1.72. The Bertz CT molecular complexity index is 237. The van der Waals surface area contributed by atoms with Crippen LogP contribution in [0.25, 0.3) is 0 Å². The fourth-order valence-electron chi connectivity index (χ4n) is 0.593. The zero-order valence-electron chi connectivity index (χ0n) is 6.15. The van der Waals surface area contributed by atoms with Crippen LogP contribution in [0.2, 0.25) is 25.1 Å². The second kappa shape index (κ2) is 6.91. The molecule has 0 unspecified atom stereocenters. The summed E-state index contributed by atoms with van der Waals surface area (Å²) >= 11 is 27.9. The monoisotopic (exact) mass is 484 g/mol. The van der Waals surface area contributed by atoms with Crippen LogP contribution in [-0.2, 0) is 21.1 Å². The van der Waals surface area contributed by atoms with Gasteiger partial charge in [0.1, 0.15) is 10.0 Å². The summed E-state index contributed by atoms with van der Waals surface area (Å²) in [4.78, 5) is 0. The molecule has 1 N–H and O–H groups in total. The average molecular weight is 487 g/mol. The minimum absolute atomic E-state index is 0. The standard InChI is InChI=1S/C6HCl5O.ClH.W/c7-1-2(8)4(10)6(12)5(11)3(1)9;;/h12H;1H;. The smallest absolute Gasteiger partial charge is 0.155 e. The molecule has 0 heterocycles. The normalized spacial score (nSPS) is 8.93. The van der Waals surface area contributed by atoms with Crippen LogP contribution in [0.3, 0.4) is 0 Å². The summed E-state index contributed by atoms with van der Waals surface area (Å²) in [5, 5.41) is 9.01. The Morgan fingerprint density at radius 3 is 1.14 bits per heavy atom. The van der Waals surface area contributed by atoms with Gasteiger partial charge < -0.3 is 5.11 Å². The van der Waals surface area contributed by atoms with E-state index in [0.717, 1.165) is 0 Å². The van der Waals surface area contributed by atoms with E-state index in [4.69, 9.17) is 58.0 Å². The van der Waals surface area contributed by atoms with Crippen molar-refractivity contribution in [2.75, 3.05) is 0 Å². The van der Waals surface area contributed by atoms with Gasteiger partial charge in [-0.25, -0.2) is 0 Å². The Morgan fingerprint density at radius 1 is 0.643 bits per heavy atom. The van der Waals surface area contributed by atoms with Crippen molar-refractivity contribution in [1.82, 2.24) is 0 Å².